The Morgan fingerprint density at radius 2 is 1.90 bits per heavy atom. The fourth-order valence-corrected chi connectivity index (χ4v) is 2.93. The van der Waals surface area contributed by atoms with Gasteiger partial charge in [-0.25, -0.2) is 9.78 Å². The van der Waals surface area contributed by atoms with Crippen LogP contribution in [0.1, 0.15) is 0 Å². The van der Waals surface area contributed by atoms with E-state index in [0.717, 1.165) is 20.4 Å². The second-order valence-electron chi connectivity index (χ2n) is 4.08. The van der Waals surface area contributed by atoms with E-state index in [9.17, 15) is 4.79 Å². The lowest BCUT2D eigenvalue weighted by molar-refractivity contribution is 0.262. The minimum absolute atomic E-state index is 0.297. The molecule has 0 aliphatic rings. The Bertz CT molecular complexity index is 757. The van der Waals surface area contributed by atoms with Gasteiger partial charge in [-0.2, -0.15) is 0 Å². The number of hydrogen-bond acceptors (Lipinski definition) is 3. The predicted molar refractivity (Wildman–Crippen MR) is 86.4 cm³/mol. The van der Waals surface area contributed by atoms with Gasteiger partial charge in [-0.3, -0.25) is 5.32 Å². The highest BCUT2D eigenvalue weighted by Crippen LogP contribution is 2.28. The molecular formula is C14H10BrN3OS. The Balaban J connectivity index is 1.74. The highest BCUT2D eigenvalue weighted by atomic mass is 79.9. The smallest absolute Gasteiger partial charge is 0.308 e. The van der Waals surface area contributed by atoms with Gasteiger partial charge in [0.05, 0.1) is 10.2 Å². The summed E-state index contributed by atoms with van der Waals surface area (Å²) in [7, 11) is 0. The standard InChI is InChI=1S/C14H10BrN3OS/c15-9-6-7-12-11(8-9)17-14(20-12)18-13(19)16-10-4-2-1-3-5-10/h1-8H,(H2,16,17,18,19). The molecule has 100 valence electrons. The minimum Gasteiger partial charge on any atom is -0.308 e. The van der Waals surface area contributed by atoms with Crippen molar-refractivity contribution in [1.29, 1.82) is 0 Å². The number of thiazole rings is 1. The monoisotopic (exact) mass is 347 g/mol. The molecule has 6 heteroatoms. The summed E-state index contributed by atoms with van der Waals surface area (Å²) in [5, 5.41) is 6.07. The average Bonchev–Trinajstić information content (AvgIpc) is 2.80. The molecule has 0 aliphatic carbocycles. The van der Waals surface area contributed by atoms with Crippen molar-refractivity contribution in [2.24, 2.45) is 0 Å². The summed E-state index contributed by atoms with van der Waals surface area (Å²) in [6.45, 7) is 0. The molecule has 1 heterocycles. The lowest BCUT2D eigenvalue weighted by Gasteiger charge is -2.04. The Morgan fingerprint density at radius 3 is 2.70 bits per heavy atom. The van der Waals surface area contributed by atoms with E-state index in [2.05, 4.69) is 31.5 Å². The van der Waals surface area contributed by atoms with Gasteiger partial charge >= 0.3 is 6.03 Å². The van der Waals surface area contributed by atoms with E-state index in [4.69, 9.17) is 0 Å². The highest BCUT2D eigenvalue weighted by Gasteiger charge is 2.08. The molecule has 4 nitrogen and oxygen atoms in total. The number of carbonyl (C=O) groups is 1. The van der Waals surface area contributed by atoms with Crippen LogP contribution in [0.5, 0.6) is 0 Å². The molecule has 0 radical (unpaired) electrons. The van der Waals surface area contributed by atoms with Crippen molar-refractivity contribution in [2.45, 2.75) is 0 Å². The lowest BCUT2D eigenvalue weighted by atomic mass is 10.3. The summed E-state index contributed by atoms with van der Waals surface area (Å²) >= 11 is 4.84. The highest BCUT2D eigenvalue weighted by molar-refractivity contribution is 9.10. The molecular weight excluding hydrogens is 338 g/mol. The number of amides is 2. The van der Waals surface area contributed by atoms with Crippen LogP contribution in [0.2, 0.25) is 0 Å². The molecule has 0 saturated heterocycles. The third-order valence-corrected chi connectivity index (χ3v) is 4.05. The van der Waals surface area contributed by atoms with E-state index < -0.39 is 0 Å². The van der Waals surface area contributed by atoms with E-state index >= 15 is 0 Å². The first kappa shape index (κ1) is 13.1. The maximum atomic E-state index is 11.9. The first-order valence-corrected chi connectivity index (χ1v) is 7.51. The van der Waals surface area contributed by atoms with Crippen molar-refractivity contribution in [3.05, 3.63) is 53.0 Å². The molecule has 3 aromatic rings. The Kier molecular flexibility index (Phi) is 3.66. The van der Waals surface area contributed by atoms with Gasteiger partial charge in [0.1, 0.15) is 0 Å². The Morgan fingerprint density at radius 1 is 1.10 bits per heavy atom. The number of nitrogens with one attached hydrogen (secondary N) is 2. The van der Waals surface area contributed by atoms with Crippen LogP contribution in [0.4, 0.5) is 15.6 Å². The van der Waals surface area contributed by atoms with Crippen molar-refractivity contribution in [2.75, 3.05) is 10.6 Å². The third-order valence-electron chi connectivity index (χ3n) is 2.60. The molecule has 2 amide bonds. The molecule has 0 unspecified atom stereocenters. The van der Waals surface area contributed by atoms with Crippen LogP contribution in [-0.4, -0.2) is 11.0 Å². The molecule has 3 rings (SSSR count). The Hall–Kier alpha value is -1.92. The zero-order valence-corrected chi connectivity index (χ0v) is 12.7. The van der Waals surface area contributed by atoms with Gasteiger partial charge in [0.15, 0.2) is 5.13 Å². The number of benzene rings is 2. The first-order valence-electron chi connectivity index (χ1n) is 5.90. The van der Waals surface area contributed by atoms with Crippen LogP contribution in [0.25, 0.3) is 10.2 Å². The third kappa shape index (κ3) is 2.97. The number of hydrogen-bond donors (Lipinski definition) is 2. The SMILES string of the molecule is O=C(Nc1ccccc1)Nc1nc2cc(Br)ccc2s1. The maximum absolute atomic E-state index is 11.9. The van der Waals surface area contributed by atoms with E-state index in [-0.39, 0.29) is 6.03 Å². The second-order valence-corrected chi connectivity index (χ2v) is 6.02. The van der Waals surface area contributed by atoms with Gasteiger partial charge in [0.25, 0.3) is 0 Å². The number of carbonyl (C=O) groups excluding carboxylic acids is 1. The number of nitrogens with zero attached hydrogens (tertiary/aromatic N) is 1. The van der Waals surface area contributed by atoms with Gasteiger partial charge in [-0.15, -0.1) is 0 Å². The van der Waals surface area contributed by atoms with Crippen LogP contribution < -0.4 is 10.6 Å². The van der Waals surface area contributed by atoms with Gasteiger partial charge < -0.3 is 5.32 Å². The van der Waals surface area contributed by atoms with Gasteiger partial charge in [-0.1, -0.05) is 45.5 Å². The molecule has 2 N–H and O–H groups in total. The van der Waals surface area contributed by atoms with E-state index in [1.807, 2.05) is 48.5 Å². The lowest BCUT2D eigenvalue weighted by Crippen LogP contribution is -2.19. The van der Waals surface area contributed by atoms with Gasteiger partial charge in [0, 0.05) is 10.2 Å². The predicted octanol–water partition coefficient (Wildman–Crippen LogP) is 4.70. The van der Waals surface area contributed by atoms with Crippen molar-refractivity contribution < 1.29 is 4.79 Å². The van der Waals surface area contributed by atoms with E-state index in [1.54, 1.807) is 0 Å². The topological polar surface area (TPSA) is 54.0 Å². The zero-order valence-electron chi connectivity index (χ0n) is 10.3. The normalized spacial score (nSPS) is 10.4. The number of aromatic nitrogens is 1. The summed E-state index contributed by atoms with van der Waals surface area (Å²) in [5.74, 6) is 0. The maximum Gasteiger partial charge on any atom is 0.325 e. The van der Waals surface area contributed by atoms with Crippen LogP contribution >= 0.6 is 27.3 Å². The van der Waals surface area contributed by atoms with Crippen LogP contribution in [0.15, 0.2) is 53.0 Å². The Labute approximate surface area is 128 Å². The summed E-state index contributed by atoms with van der Waals surface area (Å²) < 4.78 is 2.00. The van der Waals surface area contributed by atoms with Crippen molar-refractivity contribution in [3.8, 4) is 0 Å². The number of urea groups is 1. The van der Waals surface area contributed by atoms with Crippen LogP contribution in [-0.2, 0) is 0 Å². The van der Waals surface area contributed by atoms with Gasteiger partial charge in [0.2, 0.25) is 0 Å². The van der Waals surface area contributed by atoms with E-state index in [1.165, 1.54) is 11.3 Å². The quantitative estimate of drug-likeness (QED) is 0.705. The van der Waals surface area contributed by atoms with E-state index in [0.29, 0.717) is 5.13 Å². The molecule has 0 saturated carbocycles. The molecule has 0 bridgehead atoms. The van der Waals surface area contributed by atoms with Gasteiger partial charge in [-0.05, 0) is 30.3 Å². The number of para-hydroxylation sites is 1. The summed E-state index contributed by atoms with van der Waals surface area (Å²) in [6.07, 6.45) is 0. The second kappa shape index (κ2) is 5.60. The average molecular weight is 348 g/mol. The van der Waals surface area contributed by atoms with Crippen molar-refractivity contribution in [1.82, 2.24) is 4.98 Å². The van der Waals surface area contributed by atoms with Crippen LogP contribution in [0.3, 0.4) is 0 Å². The number of rotatable bonds is 2. The largest absolute Gasteiger partial charge is 0.325 e. The molecule has 0 spiro atoms. The minimum atomic E-state index is -0.297. The fraction of sp³-hybridized carbons (Fsp3) is 0. The molecule has 0 atom stereocenters. The van der Waals surface area contributed by atoms with Crippen molar-refractivity contribution >= 4 is 54.3 Å². The molecule has 2 aromatic carbocycles. The summed E-state index contributed by atoms with van der Waals surface area (Å²) in [5.41, 5.74) is 1.60. The fourth-order valence-electron chi connectivity index (χ4n) is 1.73. The summed E-state index contributed by atoms with van der Waals surface area (Å²) in [6, 6.07) is 14.8. The molecule has 1 aromatic heterocycles. The van der Waals surface area contributed by atoms with Crippen molar-refractivity contribution in [3.63, 3.8) is 0 Å². The number of fused-ring (bicyclic) bond motifs is 1. The molecule has 0 aliphatic heterocycles. The zero-order chi connectivity index (χ0) is 13.9. The van der Waals surface area contributed by atoms with Crippen LogP contribution in [0, 0.1) is 0 Å². The molecule has 0 fully saturated rings. The summed E-state index contributed by atoms with van der Waals surface area (Å²) in [4.78, 5) is 16.2. The number of halogens is 1. The number of anilines is 2. The molecule has 20 heavy (non-hydrogen) atoms. The first-order chi connectivity index (χ1) is 9.70.